The van der Waals surface area contributed by atoms with Crippen LogP contribution in [0.5, 0.6) is 0 Å². The van der Waals surface area contributed by atoms with E-state index in [1.807, 2.05) is 13.0 Å². The lowest BCUT2D eigenvalue weighted by atomic mass is 9.96. The van der Waals surface area contributed by atoms with Crippen LogP contribution in [0.3, 0.4) is 0 Å². The molecule has 0 aliphatic carbocycles. The highest BCUT2D eigenvalue weighted by atomic mass is 16.1. The van der Waals surface area contributed by atoms with Gasteiger partial charge in [-0.15, -0.1) is 0 Å². The summed E-state index contributed by atoms with van der Waals surface area (Å²) >= 11 is 0. The predicted octanol–water partition coefficient (Wildman–Crippen LogP) is 1.81. The Hall–Kier alpha value is -2.83. The minimum atomic E-state index is 0.0618. The molecule has 0 spiro atoms. The molecule has 1 aliphatic rings. The van der Waals surface area contributed by atoms with E-state index >= 15 is 0 Å². The Balaban J connectivity index is 1.48. The number of aryl methyl sites for hydroxylation is 1. The van der Waals surface area contributed by atoms with Gasteiger partial charge in [-0.05, 0) is 31.7 Å². The van der Waals surface area contributed by atoms with E-state index in [2.05, 4.69) is 24.8 Å². The first-order chi connectivity index (χ1) is 12.2. The lowest BCUT2D eigenvalue weighted by Crippen LogP contribution is -2.37. The van der Waals surface area contributed by atoms with Gasteiger partial charge < -0.3 is 4.90 Å². The summed E-state index contributed by atoms with van der Waals surface area (Å²) in [5, 5.41) is 1.04. The molecule has 0 radical (unpaired) electrons. The van der Waals surface area contributed by atoms with Crippen molar-refractivity contribution in [1.82, 2.24) is 24.5 Å². The summed E-state index contributed by atoms with van der Waals surface area (Å²) in [6.07, 6.45) is 10.5. The maximum absolute atomic E-state index is 12.2. The van der Waals surface area contributed by atoms with E-state index in [1.165, 1.54) is 0 Å². The summed E-state index contributed by atoms with van der Waals surface area (Å²) in [6.45, 7) is 4.39. The van der Waals surface area contributed by atoms with Gasteiger partial charge in [-0.3, -0.25) is 14.3 Å². The first-order valence-corrected chi connectivity index (χ1v) is 8.53. The van der Waals surface area contributed by atoms with Gasteiger partial charge in [-0.25, -0.2) is 15.0 Å². The summed E-state index contributed by atoms with van der Waals surface area (Å²) in [6, 6.07) is 1.97. The van der Waals surface area contributed by atoms with Gasteiger partial charge in [0.15, 0.2) is 0 Å². The van der Waals surface area contributed by atoms with Crippen molar-refractivity contribution in [2.24, 2.45) is 5.92 Å². The molecule has 1 aliphatic heterocycles. The number of pyridine rings is 1. The van der Waals surface area contributed by atoms with E-state index in [1.54, 1.807) is 35.8 Å². The Kier molecular flexibility index (Phi) is 4.13. The molecule has 1 fully saturated rings. The number of anilines is 1. The Bertz CT molecular complexity index is 940. The highest BCUT2D eigenvalue weighted by molar-refractivity contribution is 5.88. The molecule has 128 valence electrons. The summed E-state index contributed by atoms with van der Waals surface area (Å²) in [5.74, 6) is 1.45. The smallest absolute Gasteiger partial charge is 0.256 e. The van der Waals surface area contributed by atoms with Crippen molar-refractivity contribution < 1.29 is 0 Å². The predicted molar refractivity (Wildman–Crippen MR) is 95.5 cm³/mol. The number of piperidine rings is 1. The van der Waals surface area contributed by atoms with Gasteiger partial charge in [-0.1, -0.05) is 0 Å². The number of aromatic nitrogens is 5. The van der Waals surface area contributed by atoms with Crippen LogP contribution in [0, 0.1) is 12.8 Å². The van der Waals surface area contributed by atoms with Crippen molar-refractivity contribution in [2.45, 2.75) is 26.3 Å². The third-order valence-corrected chi connectivity index (χ3v) is 4.86. The molecule has 0 unspecified atom stereocenters. The largest absolute Gasteiger partial charge is 0.356 e. The van der Waals surface area contributed by atoms with Crippen molar-refractivity contribution >= 4 is 16.7 Å². The third kappa shape index (κ3) is 3.09. The van der Waals surface area contributed by atoms with Crippen molar-refractivity contribution in [3.8, 4) is 0 Å². The first kappa shape index (κ1) is 15.7. The monoisotopic (exact) mass is 336 g/mol. The lowest BCUT2D eigenvalue weighted by molar-refractivity contribution is 0.350. The molecule has 7 nitrogen and oxygen atoms in total. The number of nitrogens with zero attached hydrogens (tertiary/aromatic N) is 6. The zero-order valence-electron chi connectivity index (χ0n) is 14.2. The normalized spacial score (nSPS) is 15.6. The van der Waals surface area contributed by atoms with E-state index in [0.29, 0.717) is 11.5 Å². The van der Waals surface area contributed by atoms with Gasteiger partial charge in [0, 0.05) is 43.0 Å². The molecule has 25 heavy (non-hydrogen) atoms. The fraction of sp³-hybridized carbons (Fsp3) is 0.389. The van der Waals surface area contributed by atoms with E-state index in [0.717, 1.165) is 49.2 Å². The van der Waals surface area contributed by atoms with Crippen LogP contribution in [0.1, 0.15) is 18.4 Å². The molecular formula is C18H20N6O. The van der Waals surface area contributed by atoms with E-state index in [9.17, 15) is 4.79 Å². The average Bonchev–Trinajstić information content (AvgIpc) is 2.66. The van der Waals surface area contributed by atoms with Crippen LogP contribution in [-0.4, -0.2) is 37.6 Å². The Morgan fingerprint density at radius 3 is 2.84 bits per heavy atom. The quantitative estimate of drug-likeness (QED) is 0.726. The molecule has 3 aromatic heterocycles. The van der Waals surface area contributed by atoms with E-state index < -0.39 is 0 Å². The fourth-order valence-corrected chi connectivity index (χ4v) is 3.44. The molecule has 0 amide bonds. The van der Waals surface area contributed by atoms with Crippen LogP contribution in [0.2, 0.25) is 0 Å². The van der Waals surface area contributed by atoms with Crippen LogP contribution in [-0.2, 0) is 6.54 Å². The van der Waals surface area contributed by atoms with Crippen LogP contribution >= 0.6 is 0 Å². The average molecular weight is 336 g/mol. The molecule has 0 N–H and O–H groups in total. The van der Waals surface area contributed by atoms with Crippen LogP contribution in [0.25, 0.3) is 10.9 Å². The summed E-state index contributed by atoms with van der Waals surface area (Å²) < 4.78 is 1.74. The molecule has 3 aromatic rings. The van der Waals surface area contributed by atoms with Gasteiger partial charge in [0.1, 0.15) is 12.1 Å². The number of fused-ring (bicyclic) bond motifs is 1. The molecule has 1 saturated heterocycles. The Labute approximate surface area is 145 Å². The number of rotatable bonds is 3. The summed E-state index contributed by atoms with van der Waals surface area (Å²) in [7, 11) is 0. The van der Waals surface area contributed by atoms with Crippen LogP contribution < -0.4 is 10.5 Å². The van der Waals surface area contributed by atoms with Gasteiger partial charge in [0.05, 0.1) is 18.0 Å². The maximum atomic E-state index is 12.2. The number of hydrogen-bond acceptors (Lipinski definition) is 6. The third-order valence-electron chi connectivity index (χ3n) is 4.86. The van der Waals surface area contributed by atoms with Crippen LogP contribution in [0.4, 0.5) is 5.82 Å². The van der Waals surface area contributed by atoms with Crippen molar-refractivity contribution in [2.75, 3.05) is 18.0 Å². The molecule has 0 saturated carbocycles. The molecule has 0 atom stereocenters. The lowest BCUT2D eigenvalue weighted by Gasteiger charge is -2.33. The molecule has 4 heterocycles. The second-order valence-electron chi connectivity index (χ2n) is 6.55. The maximum Gasteiger partial charge on any atom is 0.256 e. The standard InChI is InChI=1S/C18H20N6O/c1-13-8-20-12-24(18(13)25)10-14-3-6-23(7-4-14)17-15-2-5-19-9-16(15)21-11-22-17/h2,5,8-9,11-12,14H,3-4,6-7,10H2,1H3. The highest BCUT2D eigenvalue weighted by Crippen LogP contribution is 2.27. The van der Waals surface area contributed by atoms with Gasteiger partial charge in [0.25, 0.3) is 5.56 Å². The van der Waals surface area contributed by atoms with Gasteiger partial charge >= 0.3 is 0 Å². The number of hydrogen-bond donors (Lipinski definition) is 0. The molecule has 0 bridgehead atoms. The summed E-state index contributed by atoms with van der Waals surface area (Å²) in [5.41, 5.74) is 1.62. The van der Waals surface area contributed by atoms with Gasteiger partial charge in [-0.2, -0.15) is 0 Å². The highest BCUT2D eigenvalue weighted by Gasteiger charge is 2.22. The topological polar surface area (TPSA) is 76.8 Å². The molecule has 0 aromatic carbocycles. The molecule has 4 rings (SSSR count). The summed E-state index contributed by atoms with van der Waals surface area (Å²) in [4.78, 5) is 31.5. The second kappa shape index (κ2) is 6.58. The van der Waals surface area contributed by atoms with E-state index in [4.69, 9.17) is 0 Å². The van der Waals surface area contributed by atoms with Crippen molar-refractivity contribution in [3.05, 3.63) is 53.2 Å². The zero-order valence-corrected chi connectivity index (χ0v) is 14.2. The van der Waals surface area contributed by atoms with Gasteiger partial charge in [0.2, 0.25) is 0 Å². The zero-order chi connectivity index (χ0) is 17.2. The molecule has 7 heteroatoms. The SMILES string of the molecule is Cc1cncn(CC2CCN(c3ncnc4cnccc34)CC2)c1=O. The fourth-order valence-electron chi connectivity index (χ4n) is 3.44. The first-order valence-electron chi connectivity index (χ1n) is 8.53. The van der Waals surface area contributed by atoms with Crippen molar-refractivity contribution in [1.29, 1.82) is 0 Å². The minimum absolute atomic E-state index is 0.0618. The Morgan fingerprint density at radius 1 is 1.16 bits per heavy atom. The minimum Gasteiger partial charge on any atom is -0.356 e. The second-order valence-corrected chi connectivity index (χ2v) is 6.55. The van der Waals surface area contributed by atoms with Crippen LogP contribution in [0.15, 0.2) is 42.1 Å². The molecular weight excluding hydrogens is 316 g/mol. The Morgan fingerprint density at radius 2 is 2.00 bits per heavy atom. The van der Waals surface area contributed by atoms with E-state index in [-0.39, 0.29) is 5.56 Å². The van der Waals surface area contributed by atoms with Crippen molar-refractivity contribution in [3.63, 3.8) is 0 Å².